The molecule has 0 unspecified atom stereocenters. The predicted octanol–water partition coefficient (Wildman–Crippen LogP) is 5.06. The first-order chi connectivity index (χ1) is 10.2. The summed E-state index contributed by atoms with van der Waals surface area (Å²) in [6, 6.07) is 18.4. The summed E-state index contributed by atoms with van der Waals surface area (Å²) in [7, 11) is 1.62. The molecule has 0 aliphatic carbocycles. The molecular formula is C18H13NOS. The van der Waals surface area contributed by atoms with Gasteiger partial charge in [-0.3, -0.25) is 0 Å². The number of ether oxygens (including phenoxy) is 1. The molecule has 0 fully saturated rings. The van der Waals surface area contributed by atoms with Crippen molar-refractivity contribution in [3.8, 4) is 16.5 Å². The minimum absolute atomic E-state index is 0.649. The van der Waals surface area contributed by atoms with Gasteiger partial charge in [-0.1, -0.05) is 36.9 Å². The van der Waals surface area contributed by atoms with Gasteiger partial charge in [-0.05, 0) is 34.5 Å². The van der Waals surface area contributed by atoms with Crippen LogP contribution in [0.2, 0.25) is 0 Å². The molecule has 0 amide bonds. The minimum Gasteiger partial charge on any atom is -0.497 e. The zero-order valence-corrected chi connectivity index (χ0v) is 12.4. The van der Waals surface area contributed by atoms with E-state index in [0.717, 1.165) is 31.7 Å². The number of nitriles is 1. The van der Waals surface area contributed by atoms with Crippen LogP contribution < -0.4 is 0 Å². The molecule has 3 aromatic rings. The van der Waals surface area contributed by atoms with Gasteiger partial charge in [0.05, 0.1) is 7.11 Å². The molecule has 0 saturated carbocycles. The smallest absolute Gasteiger partial charge is 0.118 e. The van der Waals surface area contributed by atoms with Crippen LogP contribution in [0.1, 0.15) is 10.4 Å². The molecule has 0 radical (unpaired) electrons. The fourth-order valence-electron chi connectivity index (χ4n) is 2.32. The normalized spacial score (nSPS) is 10.3. The summed E-state index contributed by atoms with van der Waals surface area (Å²) in [6.07, 6.45) is 0. The van der Waals surface area contributed by atoms with Crippen molar-refractivity contribution in [3.63, 3.8) is 0 Å². The van der Waals surface area contributed by atoms with E-state index in [-0.39, 0.29) is 0 Å². The number of thiophene rings is 1. The van der Waals surface area contributed by atoms with Crippen molar-refractivity contribution in [2.45, 2.75) is 0 Å². The SMILES string of the molecule is C=C(OC)c1ccc2cccc(-c3ccc(C#N)s3)c2c1. The second kappa shape index (κ2) is 5.43. The Balaban J connectivity index is 2.22. The Bertz CT molecular complexity index is 870. The van der Waals surface area contributed by atoms with Crippen LogP contribution in [0, 0.1) is 11.3 Å². The van der Waals surface area contributed by atoms with Crippen LogP contribution in [0.4, 0.5) is 0 Å². The van der Waals surface area contributed by atoms with Gasteiger partial charge in [-0.2, -0.15) is 5.26 Å². The maximum Gasteiger partial charge on any atom is 0.118 e. The first-order valence-corrected chi connectivity index (χ1v) is 7.31. The number of rotatable bonds is 3. The first-order valence-electron chi connectivity index (χ1n) is 6.49. The van der Waals surface area contributed by atoms with E-state index in [1.165, 1.54) is 11.3 Å². The van der Waals surface area contributed by atoms with Crippen molar-refractivity contribution in [3.05, 3.63) is 65.6 Å². The standard InChI is InChI=1S/C18H13NOS/c1-12(20-2)14-7-6-13-4-3-5-16(17(13)10-14)18-9-8-15(11-19)21-18/h3-10H,1H2,2H3. The van der Waals surface area contributed by atoms with Gasteiger partial charge in [0.2, 0.25) is 0 Å². The topological polar surface area (TPSA) is 33.0 Å². The highest BCUT2D eigenvalue weighted by Gasteiger charge is 2.08. The van der Waals surface area contributed by atoms with Crippen molar-refractivity contribution in [2.24, 2.45) is 0 Å². The third-order valence-electron chi connectivity index (χ3n) is 3.43. The Morgan fingerprint density at radius 3 is 2.76 bits per heavy atom. The van der Waals surface area contributed by atoms with Gasteiger partial charge in [-0.15, -0.1) is 11.3 Å². The molecule has 3 heteroatoms. The highest BCUT2D eigenvalue weighted by atomic mass is 32.1. The van der Waals surface area contributed by atoms with Crippen LogP contribution in [0.15, 0.2) is 55.1 Å². The highest BCUT2D eigenvalue weighted by Crippen LogP contribution is 2.34. The second-order valence-electron chi connectivity index (χ2n) is 4.64. The van der Waals surface area contributed by atoms with Crippen LogP contribution >= 0.6 is 11.3 Å². The van der Waals surface area contributed by atoms with E-state index in [1.54, 1.807) is 7.11 Å². The van der Waals surface area contributed by atoms with Crippen LogP contribution in [0.25, 0.3) is 27.0 Å². The lowest BCUT2D eigenvalue weighted by Gasteiger charge is -2.09. The minimum atomic E-state index is 0.649. The summed E-state index contributed by atoms with van der Waals surface area (Å²) in [5.41, 5.74) is 2.10. The Morgan fingerprint density at radius 1 is 1.19 bits per heavy atom. The first kappa shape index (κ1) is 13.4. The molecular weight excluding hydrogens is 278 g/mol. The zero-order chi connectivity index (χ0) is 14.8. The van der Waals surface area contributed by atoms with Crippen LogP contribution in [0.5, 0.6) is 0 Å². The van der Waals surface area contributed by atoms with Crippen molar-refractivity contribution in [1.82, 2.24) is 0 Å². The number of benzene rings is 2. The second-order valence-corrected chi connectivity index (χ2v) is 5.73. The number of nitrogens with zero attached hydrogens (tertiary/aromatic N) is 1. The molecule has 0 atom stereocenters. The number of hydrogen-bond acceptors (Lipinski definition) is 3. The molecule has 1 aromatic heterocycles. The number of fused-ring (bicyclic) bond motifs is 1. The van der Waals surface area contributed by atoms with E-state index in [9.17, 15) is 0 Å². The average molecular weight is 291 g/mol. The molecule has 0 aliphatic heterocycles. The average Bonchev–Trinajstić information content (AvgIpc) is 3.02. The van der Waals surface area contributed by atoms with Crippen molar-refractivity contribution >= 4 is 27.9 Å². The fraction of sp³-hybridized carbons (Fsp3) is 0.0556. The lowest BCUT2D eigenvalue weighted by atomic mass is 10.0. The number of methoxy groups -OCH3 is 1. The molecule has 21 heavy (non-hydrogen) atoms. The van der Waals surface area contributed by atoms with Crippen molar-refractivity contribution < 1.29 is 4.74 Å². The Morgan fingerprint density at radius 2 is 2.05 bits per heavy atom. The van der Waals surface area contributed by atoms with Gasteiger partial charge in [0, 0.05) is 10.4 Å². The Hall–Kier alpha value is -2.57. The summed E-state index contributed by atoms with van der Waals surface area (Å²) in [4.78, 5) is 1.82. The molecule has 0 N–H and O–H groups in total. The number of hydrogen-bond donors (Lipinski definition) is 0. The van der Waals surface area contributed by atoms with Gasteiger partial charge in [0.25, 0.3) is 0 Å². The summed E-state index contributed by atoms with van der Waals surface area (Å²) < 4.78 is 5.22. The van der Waals surface area contributed by atoms with Gasteiger partial charge in [0.1, 0.15) is 16.7 Å². The molecule has 0 aliphatic rings. The van der Waals surface area contributed by atoms with Crippen LogP contribution in [-0.2, 0) is 4.74 Å². The van der Waals surface area contributed by atoms with Crippen molar-refractivity contribution in [1.29, 1.82) is 5.26 Å². The summed E-state index contributed by atoms with van der Waals surface area (Å²) >= 11 is 1.51. The molecule has 2 nitrogen and oxygen atoms in total. The maximum atomic E-state index is 8.99. The van der Waals surface area contributed by atoms with E-state index in [0.29, 0.717) is 5.76 Å². The van der Waals surface area contributed by atoms with E-state index in [4.69, 9.17) is 10.00 Å². The predicted molar refractivity (Wildman–Crippen MR) is 88.0 cm³/mol. The maximum absolute atomic E-state index is 8.99. The molecule has 3 rings (SSSR count). The molecule has 1 heterocycles. The molecule has 0 spiro atoms. The van der Waals surface area contributed by atoms with Gasteiger partial charge < -0.3 is 4.74 Å². The fourth-order valence-corrected chi connectivity index (χ4v) is 3.16. The van der Waals surface area contributed by atoms with E-state index in [2.05, 4.69) is 36.9 Å². The molecule has 2 aromatic carbocycles. The monoisotopic (exact) mass is 291 g/mol. The van der Waals surface area contributed by atoms with Gasteiger partial charge in [-0.25, -0.2) is 0 Å². The van der Waals surface area contributed by atoms with Crippen LogP contribution in [-0.4, -0.2) is 7.11 Å². The largest absolute Gasteiger partial charge is 0.497 e. The van der Waals surface area contributed by atoms with E-state index in [1.807, 2.05) is 24.3 Å². The lowest BCUT2D eigenvalue weighted by molar-refractivity contribution is 0.371. The summed E-state index contributed by atoms with van der Waals surface area (Å²) in [5, 5.41) is 11.3. The van der Waals surface area contributed by atoms with Gasteiger partial charge >= 0.3 is 0 Å². The Kier molecular flexibility index (Phi) is 3.47. The molecule has 0 bridgehead atoms. The highest BCUT2D eigenvalue weighted by molar-refractivity contribution is 7.16. The summed E-state index contributed by atoms with van der Waals surface area (Å²) in [6.45, 7) is 3.91. The summed E-state index contributed by atoms with van der Waals surface area (Å²) in [5.74, 6) is 0.649. The molecule has 0 saturated heterocycles. The third kappa shape index (κ3) is 2.42. The third-order valence-corrected chi connectivity index (χ3v) is 4.46. The molecule has 102 valence electrons. The van der Waals surface area contributed by atoms with Crippen LogP contribution in [0.3, 0.4) is 0 Å². The van der Waals surface area contributed by atoms with Gasteiger partial charge in [0.15, 0.2) is 0 Å². The lowest BCUT2D eigenvalue weighted by Crippen LogP contribution is -1.86. The zero-order valence-electron chi connectivity index (χ0n) is 11.6. The Labute approximate surface area is 127 Å². The van der Waals surface area contributed by atoms with Crippen molar-refractivity contribution in [2.75, 3.05) is 7.11 Å². The quantitative estimate of drug-likeness (QED) is 0.632. The van der Waals surface area contributed by atoms with E-state index >= 15 is 0 Å². The van der Waals surface area contributed by atoms with E-state index < -0.39 is 0 Å².